The highest BCUT2D eigenvalue weighted by molar-refractivity contribution is 7.80. The molecule has 2 rings (SSSR count). The van der Waals surface area contributed by atoms with Crippen LogP contribution in [0.5, 0.6) is 0 Å². The average Bonchev–Trinajstić information content (AvgIpc) is 2.90. The number of thiocarbonyl (C=S) groups is 1. The molecule has 0 amide bonds. The number of hydrogen-bond acceptors (Lipinski definition) is 3. The third-order valence-corrected chi connectivity index (χ3v) is 5.04. The molecule has 5 heteroatoms. The highest BCUT2D eigenvalue weighted by atomic mass is 32.1. The summed E-state index contributed by atoms with van der Waals surface area (Å²) in [6.07, 6.45) is 0.957. The first-order valence-electron chi connectivity index (χ1n) is 7.86. The van der Waals surface area contributed by atoms with E-state index < -0.39 is 0 Å². The number of aryl methyl sites for hydroxylation is 1. The van der Waals surface area contributed by atoms with Crippen molar-refractivity contribution in [2.75, 3.05) is 6.54 Å². The van der Waals surface area contributed by atoms with Crippen molar-refractivity contribution in [2.45, 2.75) is 46.1 Å². The first kappa shape index (κ1) is 17.9. The van der Waals surface area contributed by atoms with Crippen molar-refractivity contribution in [1.29, 1.82) is 0 Å². The zero-order valence-corrected chi connectivity index (χ0v) is 15.9. The summed E-state index contributed by atoms with van der Waals surface area (Å²) in [6, 6.07) is 8.72. The minimum Gasteiger partial charge on any atom is -0.362 e. The van der Waals surface area contributed by atoms with Gasteiger partial charge in [0.15, 0.2) is 5.11 Å². The minimum atomic E-state index is 0.192. The Morgan fingerprint density at radius 1 is 1.17 bits per heavy atom. The van der Waals surface area contributed by atoms with Gasteiger partial charge >= 0.3 is 0 Å². The topological polar surface area (TPSA) is 37.0 Å². The van der Waals surface area contributed by atoms with Crippen LogP contribution in [0.25, 0.3) is 0 Å². The lowest BCUT2D eigenvalue weighted by atomic mass is 9.87. The molecule has 1 aromatic carbocycles. The number of rotatable bonds is 5. The molecule has 2 N–H and O–H groups in total. The lowest BCUT2D eigenvalue weighted by Crippen LogP contribution is -2.35. The van der Waals surface area contributed by atoms with Crippen molar-refractivity contribution in [1.82, 2.24) is 15.6 Å². The number of nitrogens with one attached hydrogen (secondary N) is 2. The van der Waals surface area contributed by atoms with E-state index in [9.17, 15) is 0 Å². The van der Waals surface area contributed by atoms with Crippen LogP contribution in [-0.2, 0) is 18.4 Å². The lowest BCUT2D eigenvalue weighted by molar-refractivity contribution is 0.590. The largest absolute Gasteiger partial charge is 0.362 e. The van der Waals surface area contributed by atoms with Crippen LogP contribution in [0.2, 0.25) is 0 Å². The average molecular weight is 348 g/mol. The second kappa shape index (κ2) is 7.88. The number of hydrogen-bond donors (Lipinski definition) is 2. The maximum atomic E-state index is 5.33. The van der Waals surface area contributed by atoms with E-state index in [4.69, 9.17) is 12.2 Å². The van der Waals surface area contributed by atoms with E-state index in [1.165, 1.54) is 16.0 Å². The van der Waals surface area contributed by atoms with Crippen LogP contribution < -0.4 is 10.6 Å². The molecule has 0 saturated heterocycles. The molecule has 0 radical (unpaired) electrons. The van der Waals surface area contributed by atoms with Crippen LogP contribution in [0.4, 0.5) is 0 Å². The summed E-state index contributed by atoms with van der Waals surface area (Å²) in [5.41, 5.74) is 5.79. The third-order valence-electron chi connectivity index (χ3n) is 3.76. The smallest absolute Gasteiger partial charge is 0.166 e. The summed E-state index contributed by atoms with van der Waals surface area (Å²) < 4.78 is 0. The van der Waals surface area contributed by atoms with Gasteiger partial charge in [-0.1, -0.05) is 45.0 Å². The number of thiazole rings is 1. The Hall–Kier alpha value is -1.46. The van der Waals surface area contributed by atoms with Gasteiger partial charge in [0, 0.05) is 24.4 Å². The quantitative estimate of drug-likeness (QED) is 0.803. The monoisotopic (exact) mass is 347 g/mol. The highest BCUT2D eigenvalue weighted by Crippen LogP contribution is 2.22. The summed E-state index contributed by atoms with van der Waals surface area (Å²) in [5.74, 6) is 0. The van der Waals surface area contributed by atoms with Crippen LogP contribution in [0.15, 0.2) is 29.8 Å². The Balaban J connectivity index is 1.73. The normalized spacial score (nSPS) is 11.3. The van der Waals surface area contributed by atoms with Gasteiger partial charge in [-0.2, -0.15) is 0 Å². The molecule has 0 aliphatic heterocycles. The second-order valence-corrected chi connectivity index (χ2v) is 8.01. The van der Waals surface area contributed by atoms with E-state index in [0.717, 1.165) is 25.2 Å². The van der Waals surface area contributed by atoms with Gasteiger partial charge in [0.1, 0.15) is 0 Å². The molecule has 0 saturated carbocycles. The first-order valence-corrected chi connectivity index (χ1v) is 9.15. The van der Waals surface area contributed by atoms with E-state index in [1.807, 2.05) is 12.4 Å². The fourth-order valence-electron chi connectivity index (χ4n) is 2.22. The van der Waals surface area contributed by atoms with Crippen molar-refractivity contribution in [3.05, 3.63) is 51.5 Å². The minimum absolute atomic E-state index is 0.192. The van der Waals surface area contributed by atoms with E-state index in [0.29, 0.717) is 5.11 Å². The fraction of sp³-hybridized carbons (Fsp3) is 0.444. The van der Waals surface area contributed by atoms with Gasteiger partial charge in [-0.25, -0.2) is 4.98 Å². The molecule has 0 bridgehead atoms. The molecule has 0 spiro atoms. The van der Waals surface area contributed by atoms with Gasteiger partial charge in [0.25, 0.3) is 0 Å². The van der Waals surface area contributed by atoms with E-state index in [-0.39, 0.29) is 5.41 Å². The van der Waals surface area contributed by atoms with Crippen molar-refractivity contribution >= 4 is 28.7 Å². The van der Waals surface area contributed by atoms with Crippen molar-refractivity contribution in [2.24, 2.45) is 0 Å². The molecular formula is C18H25N3S2. The Morgan fingerprint density at radius 3 is 2.43 bits per heavy atom. The Bertz CT molecular complexity index is 639. The molecule has 124 valence electrons. The van der Waals surface area contributed by atoms with Gasteiger partial charge in [-0.05, 0) is 35.7 Å². The lowest BCUT2D eigenvalue weighted by Gasteiger charge is -2.19. The molecule has 23 heavy (non-hydrogen) atoms. The summed E-state index contributed by atoms with van der Waals surface area (Å²) in [4.78, 5) is 5.57. The zero-order chi connectivity index (χ0) is 16.9. The van der Waals surface area contributed by atoms with E-state index in [1.54, 1.807) is 11.3 Å². The standard InChI is InChI=1S/C18H25N3S2/c1-13-16(23-12-21-13)9-10-19-17(22)20-11-14-5-7-15(8-6-14)18(2,3)4/h5-8,12H,9-11H2,1-4H3,(H2,19,20,22). The fourth-order valence-corrected chi connectivity index (χ4v) is 3.18. The molecule has 2 aromatic rings. The number of nitrogens with zero attached hydrogens (tertiary/aromatic N) is 1. The summed E-state index contributed by atoms with van der Waals surface area (Å²) in [7, 11) is 0. The third kappa shape index (κ3) is 5.59. The van der Waals surface area contributed by atoms with Crippen molar-refractivity contribution < 1.29 is 0 Å². The zero-order valence-electron chi connectivity index (χ0n) is 14.3. The number of aromatic nitrogens is 1. The second-order valence-electron chi connectivity index (χ2n) is 6.67. The van der Waals surface area contributed by atoms with Crippen LogP contribution in [-0.4, -0.2) is 16.6 Å². The van der Waals surface area contributed by atoms with E-state index in [2.05, 4.69) is 60.7 Å². The van der Waals surface area contributed by atoms with Gasteiger partial charge in [-0.3, -0.25) is 0 Å². The molecule has 0 fully saturated rings. The van der Waals surface area contributed by atoms with Crippen LogP contribution in [0, 0.1) is 6.92 Å². The SMILES string of the molecule is Cc1ncsc1CCNC(=S)NCc1ccc(C(C)(C)C)cc1. The predicted octanol–water partition coefficient (Wildman–Crippen LogP) is 3.96. The molecule has 1 aromatic heterocycles. The maximum Gasteiger partial charge on any atom is 0.166 e. The van der Waals surface area contributed by atoms with Crippen LogP contribution in [0.1, 0.15) is 42.5 Å². The molecule has 0 atom stereocenters. The van der Waals surface area contributed by atoms with Crippen LogP contribution in [0.3, 0.4) is 0 Å². The summed E-state index contributed by atoms with van der Waals surface area (Å²) in [5, 5.41) is 7.21. The maximum absolute atomic E-state index is 5.33. The Morgan fingerprint density at radius 2 is 1.87 bits per heavy atom. The molecular weight excluding hydrogens is 322 g/mol. The Labute approximate surface area is 148 Å². The first-order chi connectivity index (χ1) is 10.9. The van der Waals surface area contributed by atoms with Gasteiger partial charge in [0.05, 0.1) is 11.2 Å². The summed E-state index contributed by atoms with van der Waals surface area (Å²) in [6.45, 7) is 10.3. The van der Waals surface area contributed by atoms with Gasteiger partial charge in [0.2, 0.25) is 0 Å². The van der Waals surface area contributed by atoms with Crippen molar-refractivity contribution in [3.8, 4) is 0 Å². The molecule has 3 nitrogen and oxygen atoms in total. The van der Waals surface area contributed by atoms with E-state index >= 15 is 0 Å². The summed E-state index contributed by atoms with van der Waals surface area (Å²) >= 11 is 7.03. The molecule has 0 aliphatic carbocycles. The molecule has 0 aliphatic rings. The number of benzene rings is 1. The van der Waals surface area contributed by atoms with Crippen molar-refractivity contribution in [3.63, 3.8) is 0 Å². The molecule has 1 heterocycles. The van der Waals surface area contributed by atoms with Gasteiger partial charge < -0.3 is 10.6 Å². The molecule has 0 unspecified atom stereocenters. The predicted molar refractivity (Wildman–Crippen MR) is 103 cm³/mol. The van der Waals surface area contributed by atoms with Crippen LogP contribution >= 0.6 is 23.6 Å². The Kier molecular flexibility index (Phi) is 6.13. The van der Waals surface area contributed by atoms with Gasteiger partial charge in [-0.15, -0.1) is 11.3 Å². The highest BCUT2D eigenvalue weighted by Gasteiger charge is 2.12.